The molecule has 2 rings (SSSR count). The van der Waals surface area contributed by atoms with Crippen molar-refractivity contribution in [2.75, 3.05) is 17.6 Å². The zero-order chi connectivity index (χ0) is 15.3. The molecule has 4 nitrogen and oxygen atoms in total. The first-order chi connectivity index (χ1) is 10.0. The van der Waals surface area contributed by atoms with E-state index < -0.39 is 9.84 Å². The van der Waals surface area contributed by atoms with Gasteiger partial charge in [0.15, 0.2) is 9.84 Å². The lowest BCUT2D eigenvalue weighted by atomic mass is 10.2. The summed E-state index contributed by atoms with van der Waals surface area (Å²) in [6.07, 6.45) is 0. The first-order valence-corrected chi connectivity index (χ1v) is 8.97. The van der Waals surface area contributed by atoms with Crippen LogP contribution in [0.2, 0.25) is 0 Å². The quantitative estimate of drug-likeness (QED) is 0.767. The molecule has 0 aromatic heterocycles. The van der Waals surface area contributed by atoms with Crippen LogP contribution < -0.4 is 5.32 Å². The zero-order valence-electron chi connectivity index (χ0n) is 11.1. The van der Waals surface area contributed by atoms with Crippen LogP contribution in [0.25, 0.3) is 0 Å². The largest absolute Gasteiger partial charge is 0.384 e. The molecular formula is C15H13IN2O2S. The molecule has 0 bridgehead atoms. The Bertz CT molecular complexity index is 748. The molecule has 1 N–H and O–H groups in total. The van der Waals surface area contributed by atoms with E-state index in [9.17, 15) is 8.42 Å². The third kappa shape index (κ3) is 4.44. The lowest BCUT2D eigenvalue weighted by molar-refractivity contribution is 0.596. The second-order valence-corrected chi connectivity index (χ2v) is 7.74. The summed E-state index contributed by atoms with van der Waals surface area (Å²) in [5, 5.41) is 11.8. The van der Waals surface area contributed by atoms with Crippen molar-refractivity contribution in [3.05, 3.63) is 57.7 Å². The third-order valence-electron chi connectivity index (χ3n) is 2.89. The molecule has 0 aliphatic rings. The van der Waals surface area contributed by atoms with E-state index >= 15 is 0 Å². The second-order valence-electron chi connectivity index (χ2n) is 4.39. The van der Waals surface area contributed by atoms with Crippen LogP contribution >= 0.6 is 22.6 Å². The summed E-state index contributed by atoms with van der Waals surface area (Å²) in [6.45, 7) is 0.336. The molecule has 0 saturated heterocycles. The Morgan fingerprint density at radius 1 is 1.05 bits per heavy atom. The topological polar surface area (TPSA) is 70.0 Å². The Morgan fingerprint density at radius 2 is 1.67 bits per heavy atom. The van der Waals surface area contributed by atoms with Gasteiger partial charge >= 0.3 is 0 Å². The number of rotatable bonds is 5. The Morgan fingerprint density at radius 3 is 2.24 bits per heavy atom. The Hall–Kier alpha value is -1.59. The van der Waals surface area contributed by atoms with Crippen molar-refractivity contribution in [1.82, 2.24) is 0 Å². The Kier molecular flexibility index (Phi) is 5.20. The zero-order valence-corrected chi connectivity index (χ0v) is 14.1. The van der Waals surface area contributed by atoms with E-state index in [1.54, 1.807) is 0 Å². The fourth-order valence-electron chi connectivity index (χ4n) is 1.75. The number of hydrogen-bond donors (Lipinski definition) is 1. The van der Waals surface area contributed by atoms with Crippen LogP contribution in [0.1, 0.15) is 5.56 Å². The highest BCUT2D eigenvalue weighted by molar-refractivity contribution is 14.1. The number of sulfone groups is 1. The van der Waals surface area contributed by atoms with Crippen LogP contribution in [0, 0.1) is 14.9 Å². The van der Waals surface area contributed by atoms with Gasteiger partial charge in [-0.15, -0.1) is 0 Å². The summed E-state index contributed by atoms with van der Waals surface area (Å²) in [5.74, 6) is 0.00485. The monoisotopic (exact) mass is 412 g/mol. The summed E-state index contributed by atoms with van der Waals surface area (Å²) in [7, 11) is -3.34. The van der Waals surface area contributed by atoms with Crippen molar-refractivity contribution in [1.29, 1.82) is 5.26 Å². The fraction of sp³-hybridized carbons (Fsp3) is 0.133. The smallest absolute Gasteiger partial charge is 0.180 e. The molecule has 0 fully saturated rings. The van der Waals surface area contributed by atoms with Gasteiger partial charge in [0.05, 0.1) is 22.3 Å². The predicted octanol–water partition coefficient (Wildman–Crippen LogP) is 3.05. The standard InChI is InChI=1S/C15H13IN2O2S/c16-13-3-5-14(6-4-13)18-9-10-21(19,20)15-7-1-12(11-17)2-8-15/h1-8,18H,9-10H2. The van der Waals surface area contributed by atoms with Gasteiger partial charge in [0.2, 0.25) is 0 Å². The molecule has 0 saturated carbocycles. The fourth-order valence-corrected chi connectivity index (χ4v) is 3.27. The number of halogens is 1. The SMILES string of the molecule is N#Cc1ccc(S(=O)(=O)CCNc2ccc(I)cc2)cc1. The normalized spacial score (nSPS) is 10.9. The number of nitrogens with one attached hydrogen (secondary N) is 1. The second kappa shape index (κ2) is 6.91. The summed E-state index contributed by atoms with van der Waals surface area (Å²) in [4.78, 5) is 0.242. The van der Waals surface area contributed by atoms with E-state index in [1.165, 1.54) is 24.3 Å². The molecule has 0 unspecified atom stereocenters. The van der Waals surface area contributed by atoms with Crippen molar-refractivity contribution in [2.45, 2.75) is 4.90 Å². The molecule has 0 atom stereocenters. The first-order valence-electron chi connectivity index (χ1n) is 6.24. The molecule has 108 valence electrons. The average molecular weight is 412 g/mol. The minimum Gasteiger partial charge on any atom is -0.384 e. The number of anilines is 1. The highest BCUT2D eigenvalue weighted by Gasteiger charge is 2.13. The van der Waals surface area contributed by atoms with Crippen molar-refractivity contribution in [2.24, 2.45) is 0 Å². The minimum atomic E-state index is -3.34. The predicted molar refractivity (Wildman–Crippen MR) is 90.9 cm³/mol. The molecule has 2 aromatic carbocycles. The summed E-state index contributed by atoms with van der Waals surface area (Å²) < 4.78 is 25.4. The number of benzene rings is 2. The highest BCUT2D eigenvalue weighted by Crippen LogP contribution is 2.14. The summed E-state index contributed by atoms with van der Waals surface area (Å²) in [5.41, 5.74) is 1.34. The van der Waals surface area contributed by atoms with Crippen LogP contribution in [-0.2, 0) is 9.84 Å². The van der Waals surface area contributed by atoms with Crippen molar-refractivity contribution >= 4 is 38.1 Å². The minimum absolute atomic E-state index is 0.00485. The maximum atomic E-state index is 12.2. The number of nitriles is 1. The lowest BCUT2D eigenvalue weighted by Gasteiger charge is -2.07. The van der Waals surface area contributed by atoms with Gasteiger partial charge in [0.1, 0.15) is 0 Å². The summed E-state index contributed by atoms with van der Waals surface area (Å²) in [6, 6.07) is 15.7. The molecule has 0 heterocycles. The van der Waals surface area contributed by atoms with Crippen LogP contribution in [0.3, 0.4) is 0 Å². The van der Waals surface area contributed by atoms with Crippen molar-refractivity contribution in [3.63, 3.8) is 0 Å². The Labute approximate surface area is 137 Å². The van der Waals surface area contributed by atoms with Crippen LogP contribution in [-0.4, -0.2) is 20.7 Å². The highest BCUT2D eigenvalue weighted by atomic mass is 127. The van der Waals surface area contributed by atoms with Gasteiger partial charge in [-0.2, -0.15) is 5.26 Å². The molecule has 0 spiro atoms. The van der Waals surface area contributed by atoms with Gasteiger partial charge in [0.25, 0.3) is 0 Å². The van der Waals surface area contributed by atoms with E-state index in [-0.39, 0.29) is 10.6 Å². The van der Waals surface area contributed by atoms with Crippen molar-refractivity contribution in [3.8, 4) is 6.07 Å². The maximum absolute atomic E-state index is 12.2. The van der Waals surface area contributed by atoms with Gasteiger partial charge in [-0.1, -0.05) is 0 Å². The summed E-state index contributed by atoms with van der Waals surface area (Å²) >= 11 is 2.21. The lowest BCUT2D eigenvalue weighted by Crippen LogP contribution is -2.15. The van der Waals surface area contributed by atoms with Crippen LogP contribution in [0.15, 0.2) is 53.4 Å². The van der Waals surface area contributed by atoms with Gasteiger partial charge in [0, 0.05) is 15.8 Å². The van der Waals surface area contributed by atoms with E-state index in [4.69, 9.17) is 5.26 Å². The van der Waals surface area contributed by atoms with Crippen LogP contribution in [0.5, 0.6) is 0 Å². The van der Waals surface area contributed by atoms with Crippen molar-refractivity contribution < 1.29 is 8.42 Å². The van der Waals surface area contributed by atoms with E-state index in [0.717, 1.165) is 9.26 Å². The van der Waals surface area contributed by atoms with Crippen LogP contribution in [0.4, 0.5) is 5.69 Å². The number of nitrogens with zero attached hydrogens (tertiary/aromatic N) is 1. The maximum Gasteiger partial charge on any atom is 0.180 e. The van der Waals surface area contributed by atoms with E-state index in [2.05, 4.69) is 27.9 Å². The molecule has 2 aromatic rings. The molecule has 6 heteroatoms. The van der Waals surface area contributed by atoms with Gasteiger partial charge in [-0.05, 0) is 71.1 Å². The molecular weight excluding hydrogens is 399 g/mol. The van der Waals surface area contributed by atoms with Gasteiger partial charge in [-0.25, -0.2) is 8.42 Å². The molecule has 0 aliphatic heterocycles. The average Bonchev–Trinajstić information content (AvgIpc) is 2.49. The molecule has 0 amide bonds. The van der Waals surface area contributed by atoms with Gasteiger partial charge in [-0.3, -0.25) is 0 Å². The number of hydrogen-bond acceptors (Lipinski definition) is 4. The van der Waals surface area contributed by atoms with Gasteiger partial charge < -0.3 is 5.32 Å². The van der Waals surface area contributed by atoms with E-state index in [1.807, 2.05) is 30.3 Å². The molecule has 0 aliphatic carbocycles. The molecule has 21 heavy (non-hydrogen) atoms. The van der Waals surface area contributed by atoms with E-state index in [0.29, 0.717) is 12.1 Å². The Balaban J connectivity index is 1.97. The first kappa shape index (κ1) is 15.8. The molecule has 0 radical (unpaired) electrons. The third-order valence-corrected chi connectivity index (χ3v) is 5.34.